The maximum Gasteiger partial charge on any atom is 0.253 e. The standard InChI is InChI=1S/C16H22N4O/c1-10(20(2)12-4-5-12)8-19-16(21)14-9-18-15-7-11(17)3-6-13(14)15/h3,6-7,9-10,12,18H,4-5,8,17H2,1-2H3,(H,19,21). The summed E-state index contributed by atoms with van der Waals surface area (Å²) in [5.74, 6) is -0.0398. The van der Waals surface area contributed by atoms with Gasteiger partial charge >= 0.3 is 0 Å². The lowest BCUT2D eigenvalue weighted by Crippen LogP contribution is -2.41. The summed E-state index contributed by atoms with van der Waals surface area (Å²) < 4.78 is 0. The third kappa shape index (κ3) is 2.88. The van der Waals surface area contributed by atoms with Crippen molar-refractivity contribution in [3.05, 3.63) is 30.0 Å². The fourth-order valence-electron chi connectivity index (χ4n) is 2.65. The zero-order valence-electron chi connectivity index (χ0n) is 12.5. The summed E-state index contributed by atoms with van der Waals surface area (Å²) in [4.78, 5) is 17.8. The van der Waals surface area contributed by atoms with E-state index in [1.54, 1.807) is 6.20 Å². The highest BCUT2D eigenvalue weighted by atomic mass is 16.1. The Morgan fingerprint density at radius 3 is 3.00 bits per heavy atom. The molecule has 5 heteroatoms. The highest BCUT2D eigenvalue weighted by Crippen LogP contribution is 2.26. The van der Waals surface area contributed by atoms with E-state index in [1.807, 2.05) is 18.2 Å². The quantitative estimate of drug-likeness (QED) is 0.736. The third-order valence-corrected chi connectivity index (χ3v) is 4.33. The molecule has 0 aliphatic heterocycles. The Kier molecular flexibility index (Phi) is 3.59. The average molecular weight is 286 g/mol. The van der Waals surface area contributed by atoms with Gasteiger partial charge in [0.2, 0.25) is 0 Å². The summed E-state index contributed by atoms with van der Waals surface area (Å²) in [6.07, 6.45) is 4.30. The van der Waals surface area contributed by atoms with Crippen LogP contribution in [0.1, 0.15) is 30.1 Å². The van der Waals surface area contributed by atoms with Gasteiger partial charge in [-0.05, 0) is 45.0 Å². The van der Waals surface area contributed by atoms with Gasteiger partial charge in [-0.25, -0.2) is 0 Å². The molecule has 1 aromatic heterocycles. The Balaban J connectivity index is 1.66. The first-order chi connectivity index (χ1) is 10.1. The van der Waals surface area contributed by atoms with E-state index in [0.29, 0.717) is 29.9 Å². The van der Waals surface area contributed by atoms with Crippen LogP contribution in [0.2, 0.25) is 0 Å². The summed E-state index contributed by atoms with van der Waals surface area (Å²) in [7, 11) is 2.13. The minimum absolute atomic E-state index is 0.0398. The highest BCUT2D eigenvalue weighted by molar-refractivity contribution is 6.07. The number of H-pyrrole nitrogens is 1. The van der Waals surface area contributed by atoms with E-state index in [9.17, 15) is 4.79 Å². The van der Waals surface area contributed by atoms with Crippen LogP contribution in [0.25, 0.3) is 10.9 Å². The van der Waals surface area contributed by atoms with E-state index in [1.165, 1.54) is 12.8 Å². The molecule has 1 fully saturated rings. The first-order valence-corrected chi connectivity index (χ1v) is 7.43. The van der Waals surface area contributed by atoms with Crippen molar-refractivity contribution < 1.29 is 4.79 Å². The Bertz CT molecular complexity index is 659. The Hall–Kier alpha value is -2.01. The summed E-state index contributed by atoms with van der Waals surface area (Å²) in [6.45, 7) is 2.81. The minimum Gasteiger partial charge on any atom is -0.399 e. The van der Waals surface area contributed by atoms with Crippen LogP contribution < -0.4 is 11.1 Å². The number of amides is 1. The number of aromatic amines is 1. The molecule has 1 aliphatic carbocycles. The number of benzene rings is 1. The molecule has 1 unspecified atom stereocenters. The predicted octanol–water partition coefficient (Wildman–Crippen LogP) is 1.96. The van der Waals surface area contributed by atoms with Crippen LogP contribution in [0.3, 0.4) is 0 Å². The molecule has 3 rings (SSSR count). The zero-order valence-corrected chi connectivity index (χ0v) is 12.5. The van der Waals surface area contributed by atoms with Crippen LogP contribution in [0.15, 0.2) is 24.4 Å². The van der Waals surface area contributed by atoms with Crippen molar-refractivity contribution in [2.75, 3.05) is 19.3 Å². The third-order valence-electron chi connectivity index (χ3n) is 4.33. The van der Waals surface area contributed by atoms with Crippen molar-refractivity contribution in [3.63, 3.8) is 0 Å². The van der Waals surface area contributed by atoms with Gasteiger partial charge in [-0.3, -0.25) is 9.69 Å². The molecule has 1 heterocycles. The van der Waals surface area contributed by atoms with Crippen molar-refractivity contribution in [2.24, 2.45) is 0 Å². The molecule has 21 heavy (non-hydrogen) atoms. The average Bonchev–Trinajstić information content (AvgIpc) is 3.23. The number of nitrogens with two attached hydrogens (primary N) is 1. The number of likely N-dealkylation sites (N-methyl/N-ethyl adjacent to an activating group) is 1. The molecule has 1 atom stereocenters. The molecular formula is C16H22N4O. The van der Waals surface area contributed by atoms with E-state index in [-0.39, 0.29) is 5.91 Å². The van der Waals surface area contributed by atoms with E-state index < -0.39 is 0 Å². The molecule has 0 saturated heterocycles. The highest BCUT2D eigenvalue weighted by Gasteiger charge is 2.29. The van der Waals surface area contributed by atoms with Gasteiger partial charge in [-0.1, -0.05) is 0 Å². The number of rotatable bonds is 5. The van der Waals surface area contributed by atoms with Crippen LogP contribution >= 0.6 is 0 Å². The van der Waals surface area contributed by atoms with Gasteiger partial charge < -0.3 is 16.0 Å². The number of carbonyl (C=O) groups excluding carboxylic acids is 1. The number of carbonyl (C=O) groups is 1. The van der Waals surface area contributed by atoms with Crippen molar-refractivity contribution >= 4 is 22.5 Å². The number of fused-ring (bicyclic) bond motifs is 1. The van der Waals surface area contributed by atoms with Gasteiger partial charge in [0.05, 0.1) is 5.56 Å². The molecule has 1 aliphatic rings. The Labute approximate surface area is 124 Å². The number of anilines is 1. The van der Waals surface area contributed by atoms with Gasteiger partial charge in [0.25, 0.3) is 5.91 Å². The van der Waals surface area contributed by atoms with Crippen LogP contribution in [-0.4, -0.2) is 41.5 Å². The SMILES string of the molecule is CC(CNC(=O)c1c[nH]c2cc(N)ccc12)N(C)C1CC1. The zero-order chi connectivity index (χ0) is 15.0. The number of hydrogen-bond donors (Lipinski definition) is 3. The van der Waals surface area contributed by atoms with Crippen LogP contribution in [0.4, 0.5) is 5.69 Å². The lowest BCUT2D eigenvalue weighted by atomic mass is 10.1. The first-order valence-electron chi connectivity index (χ1n) is 7.43. The van der Waals surface area contributed by atoms with Gasteiger partial charge in [0.1, 0.15) is 0 Å². The normalized spacial score (nSPS) is 16.3. The Morgan fingerprint density at radius 1 is 1.52 bits per heavy atom. The fourth-order valence-corrected chi connectivity index (χ4v) is 2.65. The monoisotopic (exact) mass is 286 g/mol. The van der Waals surface area contributed by atoms with Crippen LogP contribution in [0.5, 0.6) is 0 Å². The van der Waals surface area contributed by atoms with Crippen molar-refractivity contribution in [1.29, 1.82) is 0 Å². The lowest BCUT2D eigenvalue weighted by molar-refractivity contribution is 0.0941. The Morgan fingerprint density at radius 2 is 2.29 bits per heavy atom. The summed E-state index contributed by atoms with van der Waals surface area (Å²) in [5, 5.41) is 3.93. The molecule has 0 spiro atoms. The second-order valence-corrected chi connectivity index (χ2v) is 5.96. The predicted molar refractivity (Wildman–Crippen MR) is 85.3 cm³/mol. The summed E-state index contributed by atoms with van der Waals surface area (Å²) in [6, 6.07) is 6.59. The topological polar surface area (TPSA) is 74.1 Å². The van der Waals surface area contributed by atoms with Crippen molar-refractivity contribution in [2.45, 2.75) is 31.8 Å². The van der Waals surface area contributed by atoms with Gasteiger partial charge in [-0.2, -0.15) is 0 Å². The van der Waals surface area contributed by atoms with Crippen LogP contribution in [-0.2, 0) is 0 Å². The second kappa shape index (κ2) is 5.41. The molecule has 1 amide bonds. The van der Waals surface area contributed by atoms with Gasteiger partial charge in [-0.15, -0.1) is 0 Å². The van der Waals surface area contributed by atoms with Gasteiger partial charge in [0, 0.05) is 41.4 Å². The molecule has 112 valence electrons. The fraction of sp³-hybridized carbons (Fsp3) is 0.438. The maximum atomic E-state index is 12.3. The van der Waals surface area contributed by atoms with E-state index in [2.05, 4.69) is 29.2 Å². The maximum absolute atomic E-state index is 12.3. The number of nitrogens with zero attached hydrogens (tertiary/aromatic N) is 1. The number of hydrogen-bond acceptors (Lipinski definition) is 3. The smallest absolute Gasteiger partial charge is 0.253 e. The number of aromatic nitrogens is 1. The molecule has 0 bridgehead atoms. The second-order valence-electron chi connectivity index (χ2n) is 5.96. The minimum atomic E-state index is -0.0398. The summed E-state index contributed by atoms with van der Waals surface area (Å²) in [5.41, 5.74) is 8.00. The van der Waals surface area contributed by atoms with Gasteiger partial charge in [0.15, 0.2) is 0 Å². The summed E-state index contributed by atoms with van der Waals surface area (Å²) >= 11 is 0. The molecule has 2 aromatic rings. The molecule has 5 nitrogen and oxygen atoms in total. The van der Waals surface area contributed by atoms with E-state index >= 15 is 0 Å². The molecular weight excluding hydrogens is 264 g/mol. The molecule has 0 radical (unpaired) electrons. The largest absolute Gasteiger partial charge is 0.399 e. The van der Waals surface area contributed by atoms with Crippen LogP contribution in [0, 0.1) is 0 Å². The molecule has 1 aromatic carbocycles. The number of nitrogen functional groups attached to an aromatic ring is 1. The number of nitrogens with one attached hydrogen (secondary N) is 2. The van der Waals surface area contributed by atoms with Crippen molar-refractivity contribution in [1.82, 2.24) is 15.2 Å². The van der Waals surface area contributed by atoms with E-state index in [4.69, 9.17) is 5.73 Å². The van der Waals surface area contributed by atoms with E-state index in [0.717, 1.165) is 10.9 Å². The molecule has 4 N–H and O–H groups in total. The lowest BCUT2D eigenvalue weighted by Gasteiger charge is -2.24. The first kappa shape index (κ1) is 13.9. The molecule has 1 saturated carbocycles. The van der Waals surface area contributed by atoms with Crippen molar-refractivity contribution in [3.8, 4) is 0 Å².